The van der Waals surface area contributed by atoms with Gasteiger partial charge in [0, 0.05) is 10.3 Å². The number of aromatic nitrogens is 2. The second-order valence-corrected chi connectivity index (χ2v) is 9.02. The summed E-state index contributed by atoms with van der Waals surface area (Å²) < 4.78 is 10.9. The minimum Gasteiger partial charge on any atom is -0.457 e. The van der Waals surface area contributed by atoms with Gasteiger partial charge in [0.2, 0.25) is 0 Å². The minimum absolute atomic E-state index is 0.0718. The molecule has 0 aliphatic heterocycles. The fourth-order valence-electron chi connectivity index (χ4n) is 3.65. The van der Waals surface area contributed by atoms with Gasteiger partial charge in [0.25, 0.3) is 5.56 Å². The van der Waals surface area contributed by atoms with Gasteiger partial charge in [-0.2, -0.15) is 0 Å². The van der Waals surface area contributed by atoms with Crippen LogP contribution >= 0.6 is 23.1 Å². The number of carbonyl (C=O) groups is 1. The Morgan fingerprint density at radius 3 is 3.10 bits per heavy atom. The average Bonchev–Trinajstić information content (AvgIpc) is 3.39. The first-order valence-electron chi connectivity index (χ1n) is 9.41. The predicted molar refractivity (Wildman–Crippen MR) is 114 cm³/mol. The molecule has 1 aliphatic carbocycles. The lowest BCUT2D eigenvalue weighted by atomic mass is 10.2. The summed E-state index contributed by atoms with van der Waals surface area (Å²) in [7, 11) is 0. The zero-order valence-corrected chi connectivity index (χ0v) is 17.2. The van der Waals surface area contributed by atoms with E-state index >= 15 is 0 Å². The molecular formula is C21H18N2O4S2. The predicted octanol–water partition coefficient (Wildman–Crippen LogP) is 4.20. The van der Waals surface area contributed by atoms with E-state index in [9.17, 15) is 9.59 Å². The van der Waals surface area contributed by atoms with Gasteiger partial charge in [0.05, 0.1) is 16.9 Å². The van der Waals surface area contributed by atoms with Gasteiger partial charge < -0.3 is 14.1 Å². The molecule has 0 saturated carbocycles. The first kappa shape index (κ1) is 18.4. The van der Waals surface area contributed by atoms with E-state index in [1.165, 1.54) is 22.2 Å². The van der Waals surface area contributed by atoms with E-state index in [4.69, 9.17) is 9.15 Å². The third-order valence-corrected chi connectivity index (χ3v) is 7.04. The molecule has 0 spiro atoms. The third-order valence-electron chi connectivity index (χ3n) is 4.93. The van der Waals surface area contributed by atoms with Crippen molar-refractivity contribution < 1.29 is 13.9 Å². The number of H-pyrrole nitrogens is 1. The van der Waals surface area contributed by atoms with Crippen LogP contribution in [0, 0.1) is 0 Å². The zero-order valence-electron chi connectivity index (χ0n) is 15.5. The maximum absolute atomic E-state index is 12.5. The van der Waals surface area contributed by atoms with E-state index in [-0.39, 0.29) is 23.9 Å². The summed E-state index contributed by atoms with van der Waals surface area (Å²) >= 11 is 2.99. The van der Waals surface area contributed by atoms with Crippen molar-refractivity contribution in [1.82, 2.24) is 9.97 Å². The second-order valence-electron chi connectivity index (χ2n) is 6.95. The number of nitrogens with one attached hydrogen (secondary N) is 1. The molecule has 1 N–H and O–H groups in total. The fraction of sp³-hybridized carbons (Fsp3) is 0.286. The summed E-state index contributed by atoms with van der Waals surface area (Å²) in [6.45, 7) is 0.107. The molecule has 4 aromatic rings. The van der Waals surface area contributed by atoms with Crippen LogP contribution in [-0.4, -0.2) is 21.7 Å². The van der Waals surface area contributed by atoms with Gasteiger partial charge >= 0.3 is 5.97 Å². The molecule has 0 radical (unpaired) electrons. The number of ether oxygens (including phenoxy) is 1. The molecule has 5 rings (SSSR count). The number of thioether (sulfide) groups is 1. The number of fused-ring (bicyclic) bond motifs is 4. The van der Waals surface area contributed by atoms with Crippen molar-refractivity contribution in [3.63, 3.8) is 0 Å². The van der Waals surface area contributed by atoms with E-state index < -0.39 is 0 Å². The molecule has 0 fully saturated rings. The van der Waals surface area contributed by atoms with Crippen molar-refractivity contribution in [3.05, 3.63) is 62.7 Å². The monoisotopic (exact) mass is 426 g/mol. The van der Waals surface area contributed by atoms with Crippen molar-refractivity contribution in [2.24, 2.45) is 0 Å². The SMILES string of the molecule is O=C(CSCc1nc2sc3c(c2c(=O)[nH]1)CCC3)OCc1cc2ccccc2o1. The standard InChI is InChI=1S/C21H18N2O4S2/c24-18(26-9-13-8-12-4-1-2-6-15(12)27-13)11-28-10-17-22-20(25)19-14-5-3-7-16(14)29-21(19)23-17/h1-2,4,6,8H,3,5,7,9-11H2,(H,22,23,25). The zero-order chi connectivity index (χ0) is 19.8. The van der Waals surface area contributed by atoms with Gasteiger partial charge in [-0.1, -0.05) is 18.2 Å². The Bertz CT molecular complexity index is 1240. The lowest BCUT2D eigenvalue weighted by Gasteiger charge is -2.03. The largest absolute Gasteiger partial charge is 0.457 e. The summed E-state index contributed by atoms with van der Waals surface area (Å²) in [5.74, 6) is 1.52. The van der Waals surface area contributed by atoms with Gasteiger partial charge in [-0.05, 0) is 37.0 Å². The highest BCUT2D eigenvalue weighted by Crippen LogP contribution is 2.34. The molecule has 1 aromatic carbocycles. The Labute approximate surface area is 174 Å². The first-order chi connectivity index (χ1) is 14.2. The highest BCUT2D eigenvalue weighted by atomic mass is 32.2. The number of carbonyl (C=O) groups excluding carboxylic acids is 1. The molecule has 0 saturated heterocycles. The van der Waals surface area contributed by atoms with E-state index in [2.05, 4.69) is 9.97 Å². The number of nitrogens with zero attached hydrogens (tertiary/aromatic N) is 1. The highest BCUT2D eigenvalue weighted by molar-refractivity contribution is 7.99. The minimum atomic E-state index is -0.325. The number of aryl methyl sites for hydroxylation is 2. The Kier molecular flexibility index (Phi) is 4.89. The van der Waals surface area contributed by atoms with Crippen molar-refractivity contribution in [2.45, 2.75) is 31.6 Å². The van der Waals surface area contributed by atoms with Gasteiger partial charge in [0.1, 0.15) is 28.6 Å². The van der Waals surface area contributed by atoms with E-state index in [0.717, 1.165) is 40.4 Å². The number of rotatable bonds is 6. The van der Waals surface area contributed by atoms with Crippen LogP contribution in [0.2, 0.25) is 0 Å². The van der Waals surface area contributed by atoms with Crippen LogP contribution in [-0.2, 0) is 34.7 Å². The van der Waals surface area contributed by atoms with Crippen molar-refractivity contribution >= 4 is 50.3 Å². The van der Waals surface area contributed by atoms with Gasteiger partial charge in [-0.15, -0.1) is 23.1 Å². The fourth-order valence-corrected chi connectivity index (χ4v) is 5.61. The Morgan fingerprint density at radius 2 is 2.21 bits per heavy atom. The second kappa shape index (κ2) is 7.68. The molecule has 0 amide bonds. The smallest absolute Gasteiger partial charge is 0.316 e. The number of benzene rings is 1. The molecule has 1 aliphatic rings. The number of aromatic amines is 1. The lowest BCUT2D eigenvalue weighted by Crippen LogP contribution is -2.12. The molecule has 0 unspecified atom stereocenters. The number of hydrogen-bond donors (Lipinski definition) is 1. The van der Waals surface area contributed by atoms with Gasteiger partial charge in [0.15, 0.2) is 0 Å². The molecule has 0 atom stereocenters. The Balaban J connectivity index is 1.16. The van der Waals surface area contributed by atoms with Crippen LogP contribution in [0.25, 0.3) is 21.2 Å². The van der Waals surface area contributed by atoms with Crippen LogP contribution in [0.4, 0.5) is 0 Å². The summed E-state index contributed by atoms with van der Waals surface area (Å²) in [5, 5.41) is 1.74. The summed E-state index contributed by atoms with van der Waals surface area (Å²) in [5.41, 5.74) is 1.88. The molecule has 0 bridgehead atoms. The maximum Gasteiger partial charge on any atom is 0.316 e. The summed E-state index contributed by atoms with van der Waals surface area (Å²) in [6.07, 6.45) is 3.12. The molecule has 148 valence electrons. The summed E-state index contributed by atoms with van der Waals surface area (Å²) in [6, 6.07) is 9.54. The van der Waals surface area contributed by atoms with Crippen LogP contribution in [0.15, 0.2) is 39.5 Å². The van der Waals surface area contributed by atoms with Gasteiger partial charge in [-0.25, -0.2) is 4.98 Å². The molecule has 8 heteroatoms. The van der Waals surface area contributed by atoms with Crippen molar-refractivity contribution in [3.8, 4) is 0 Å². The number of furan rings is 1. The highest BCUT2D eigenvalue weighted by Gasteiger charge is 2.21. The molecule has 3 aromatic heterocycles. The topological polar surface area (TPSA) is 85.2 Å². The Hall–Kier alpha value is -2.58. The molecule has 3 heterocycles. The maximum atomic E-state index is 12.5. The van der Waals surface area contributed by atoms with Crippen LogP contribution < -0.4 is 5.56 Å². The molecular weight excluding hydrogens is 408 g/mol. The Morgan fingerprint density at radius 1 is 1.31 bits per heavy atom. The van der Waals surface area contributed by atoms with Crippen molar-refractivity contribution in [1.29, 1.82) is 0 Å². The molecule has 6 nitrogen and oxygen atoms in total. The summed E-state index contributed by atoms with van der Waals surface area (Å²) in [4.78, 5) is 34.0. The van der Waals surface area contributed by atoms with Crippen LogP contribution in [0.3, 0.4) is 0 Å². The lowest BCUT2D eigenvalue weighted by molar-refractivity contribution is -0.142. The van der Waals surface area contributed by atoms with E-state index in [1.807, 2.05) is 30.3 Å². The normalized spacial score (nSPS) is 13.2. The number of esters is 1. The van der Waals surface area contributed by atoms with Crippen molar-refractivity contribution in [2.75, 3.05) is 5.75 Å². The van der Waals surface area contributed by atoms with Crippen LogP contribution in [0.5, 0.6) is 0 Å². The molecule has 29 heavy (non-hydrogen) atoms. The number of thiophene rings is 1. The quantitative estimate of drug-likeness (QED) is 0.465. The average molecular weight is 427 g/mol. The van der Waals surface area contributed by atoms with Crippen LogP contribution in [0.1, 0.15) is 28.4 Å². The van der Waals surface area contributed by atoms with E-state index in [1.54, 1.807) is 11.3 Å². The van der Waals surface area contributed by atoms with Gasteiger partial charge in [-0.3, -0.25) is 9.59 Å². The number of hydrogen-bond acceptors (Lipinski definition) is 7. The first-order valence-corrected chi connectivity index (χ1v) is 11.4. The van der Waals surface area contributed by atoms with E-state index in [0.29, 0.717) is 17.3 Å². The third kappa shape index (κ3) is 3.70. The number of para-hydroxylation sites is 1.